The van der Waals surface area contributed by atoms with Gasteiger partial charge in [0.15, 0.2) is 0 Å². The van der Waals surface area contributed by atoms with Gasteiger partial charge in [-0.3, -0.25) is 14.5 Å². The number of carbonyl (C=O) groups is 2. The van der Waals surface area contributed by atoms with Gasteiger partial charge in [0.05, 0.1) is 6.10 Å². The SMILES string of the molecule is Cc1nc(C2CCN(C(=O)CCC3CCCO3)CC2)nc2c1CCC(=O)N2C1CCCC1. The van der Waals surface area contributed by atoms with E-state index >= 15 is 0 Å². The van der Waals surface area contributed by atoms with Crippen LogP contribution in [0.4, 0.5) is 5.82 Å². The standard InChI is InChI=1S/C25H36N4O3/c1-17-21-9-11-23(31)29(19-5-2-3-6-19)25(21)27-24(26-17)18-12-14-28(15-13-18)22(30)10-8-20-7-4-16-32-20/h18-20H,2-16H2,1H3. The minimum absolute atomic E-state index is 0.222. The number of aromatic nitrogens is 2. The molecule has 7 nitrogen and oxygen atoms in total. The van der Waals surface area contributed by atoms with E-state index in [9.17, 15) is 9.59 Å². The molecule has 1 aliphatic carbocycles. The number of aryl methyl sites for hydroxylation is 1. The number of amides is 2. The summed E-state index contributed by atoms with van der Waals surface area (Å²) in [5.41, 5.74) is 2.18. The van der Waals surface area contributed by atoms with Crippen molar-refractivity contribution in [2.24, 2.45) is 0 Å². The van der Waals surface area contributed by atoms with Crippen molar-refractivity contribution in [2.45, 2.75) is 102 Å². The van der Waals surface area contributed by atoms with Gasteiger partial charge in [0.1, 0.15) is 11.6 Å². The predicted molar refractivity (Wildman–Crippen MR) is 122 cm³/mol. The Balaban J connectivity index is 1.25. The number of anilines is 1. The molecule has 3 fully saturated rings. The van der Waals surface area contributed by atoms with Gasteiger partial charge in [-0.15, -0.1) is 0 Å². The van der Waals surface area contributed by atoms with Crippen LogP contribution < -0.4 is 4.90 Å². The van der Waals surface area contributed by atoms with Crippen LogP contribution in [0.25, 0.3) is 0 Å². The second-order valence-electron chi connectivity index (χ2n) is 10.0. The molecule has 4 heterocycles. The molecule has 174 valence electrons. The lowest BCUT2D eigenvalue weighted by Gasteiger charge is -2.35. The maximum absolute atomic E-state index is 12.8. The van der Waals surface area contributed by atoms with Crippen molar-refractivity contribution >= 4 is 17.6 Å². The number of ether oxygens (including phenoxy) is 1. The van der Waals surface area contributed by atoms with Gasteiger partial charge in [-0.25, -0.2) is 9.97 Å². The Bertz CT molecular complexity index is 853. The lowest BCUT2D eigenvalue weighted by molar-refractivity contribution is -0.133. The van der Waals surface area contributed by atoms with Crippen LogP contribution in [0.1, 0.15) is 93.6 Å². The number of hydrogen-bond acceptors (Lipinski definition) is 5. The molecule has 4 aliphatic rings. The number of piperidine rings is 1. The van der Waals surface area contributed by atoms with Crippen LogP contribution in [0.5, 0.6) is 0 Å². The number of nitrogens with zero attached hydrogens (tertiary/aromatic N) is 4. The summed E-state index contributed by atoms with van der Waals surface area (Å²) in [6, 6.07) is 0.298. The Morgan fingerprint density at radius 2 is 1.81 bits per heavy atom. The van der Waals surface area contributed by atoms with E-state index in [1.54, 1.807) is 0 Å². The molecule has 1 saturated carbocycles. The zero-order valence-electron chi connectivity index (χ0n) is 19.4. The normalized spacial score (nSPS) is 24.9. The van der Waals surface area contributed by atoms with E-state index in [2.05, 4.69) is 6.92 Å². The first-order valence-corrected chi connectivity index (χ1v) is 12.7. The van der Waals surface area contributed by atoms with Crippen LogP contribution in [0.15, 0.2) is 0 Å². The summed E-state index contributed by atoms with van der Waals surface area (Å²) in [5, 5.41) is 0. The number of fused-ring (bicyclic) bond motifs is 1. The lowest BCUT2D eigenvalue weighted by Crippen LogP contribution is -2.43. The highest BCUT2D eigenvalue weighted by atomic mass is 16.5. The van der Waals surface area contributed by atoms with Crippen molar-refractivity contribution in [2.75, 3.05) is 24.6 Å². The van der Waals surface area contributed by atoms with Crippen LogP contribution in [-0.2, 0) is 20.7 Å². The zero-order valence-corrected chi connectivity index (χ0v) is 19.4. The summed E-state index contributed by atoms with van der Waals surface area (Å²) in [6.45, 7) is 4.43. The minimum atomic E-state index is 0.222. The highest BCUT2D eigenvalue weighted by molar-refractivity contribution is 5.96. The molecule has 3 aliphatic heterocycles. The van der Waals surface area contributed by atoms with Crippen molar-refractivity contribution in [1.82, 2.24) is 14.9 Å². The molecule has 0 radical (unpaired) electrons. The van der Waals surface area contributed by atoms with Crippen molar-refractivity contribution in [1.29, 1.82) is 0 Å². The van der Waals surface area contributed by atoms with Gasteiger partial charge < -0.3 is 9.64 Å². The molecule has 7 heteroatoms. The van der Waals surface area contributed by atoms with Crippen LogP contribution in [0.2, 0.25) is 0 Å². The first kappa shape index (κ1) is 21.8. The molecule has 2 saturated heterocycles. The second kappa shape index (κ2) is 9.46. The average molecular weight is 441 g/mol. The fourth-order valence-corrected chi connectivity index (χ4v) is 5.99. The molecule has 2 amide bonds. The topological polar surface area (TPSA) is 75.6 Å². The van der Waals surface area contributed by atoms with E-state index in [0.717, 1.165) is 94.0 Å². The van der Waals surface area contributed by atoms with Crippen LogP contribution >= 0.6 is 0 Å². The molecule has 0 spiro atoms. The first-order chi connectivity index (χ1) is 15.6. The fourth-order valence-electron chi connectivity index (χ4n) is 5.99. The third kappa shape index (κ3) is 4.41. The van der Waals surface area contributed by atoms with E-state index in [-0.39, 0.29) is 23.8 Å². The Morgan fingerprint density at radius 3 is 2.53 bits per heavy atom. The summed E-state index contributed by atoms with van der Waals surface area (Å²) in [6.07, 6.45) is 11.6. The van der Waals surface area contributed by atoms with Gasteiger partial charge >= 0.3 is 0 Å². The monoisotopic (exact) mass is 440 g/mol. The van der Waals surface area contributed by atoms with Gasteiger partial charge in [-0.1, -0.05) is 12.8 Å². The third-order valence-electron chi connectivity index (χ3n) is 7.90. The van der Waals surface area contributed by atoms with Crippen molar-refractivity contribution in [3.63, 3.8) is 0 Å². The first-order valence-electron chi connectivity index (χ1n) is 12.7. The largest absolute Gasteiger partial charge is 0.378 e. The Kier molecular flexibility index (Phi) is 6.44. The number of likely N-dealkylation sites (tertiary alicyclic amines) is 1. The molecule has 5 rings (SSSR count). The molecule has 0 aromatic carbocycles. The highest BCUT2D eigenvalue weighted by Gasteiger charge is 2.36. The quantitative estimate of drug-likeness (QED) is 0.698. The van der Waals surface area contributed by atoms with Gasteiger partial charge in [-0.2, -0.15) is 0 Å². The van der Waals surface area contributed by atoms with Crippen molar-refractivity contribution in [3.8, 4) is 0 Å². The Hall–Kier alpha value is -2.02. The molecule has 1 aromatic rings. The molecule has 0 N–H and O–H groups in total. The van der Waals surface area contributed by atoms with Crippen LogP contribution in [0, 0.1) is 6.92 Å². The van der Waals surface area contributed by atoms with Gasteiger partial charge in [0, 0.05) is 55.8 Å². The van der Waals surface area contributed by atoms with E-state index in [0.29, 0.717) is 18.9 Å². The Morgan fingerprint density at radius 1 is 1.03 bits per heavy atom. The number of hydrogen-bond donors (Lipinski definition) is 0. The summed E-state index contributed by atoms with van der Waals surface area (Å²) in [7, 11) is 0. The maximum Gasteiger partial charge on any atom is 0.228 e. The van der Waals surface area contributed by atoms with E-state index in [1.807, 2.05) is 9.80 Å². The molecule has 1 aromatic heterocycles. The molecular weight excluding hydrogens is 404 g/mol. The van der Waals surface area contributed by atoms with Gasteiger partial charge in [0.25, 0.3) is 0 Å². The molecule has 0 bridgehead atoms. The lowest BCUT2D eigenvalue weighted by atomic mass is 9.94. The molecule has 1 unspecified atom stereocenters. The highest BCUT2D eigenvalue weighted by Crippen LogP contribution is 2.36. The summed E-state index contributed by atoms with van der Waals surface area (Å²) in [5.74, 6) is 2.47. The summed E-state index contributed by atoms with van der Waals surface area (Å²) >= 11 is 0. The zero-order chi connectivity index (χ0) is 22.1. The number of carbonyl (C=O) groups excluding carboxylic acids is 2. The Labute approximate surface area is 190 Å². The van der Waals surface area contributed by atoms with E-state index in [4.69, 9.17) is 14.7 Å². The van der Waals surface area contributed by atoms with Gasteiger partial charge in [0.2, 0.25) is 11.8 Å². The predicted octanol–water partition coefficient (Wildman–Crippen LogP) is 3.67. The smallest absolute Gasteiger partial charge is 0.228 e. The molecular formula is C25H36N4O3. The van der Waals surface area contributed by atoms with Crippen molar-refractivity contribution in [3.05, 3.63) is 17.1 Å². The van der Waals surface area contributed by atoms with Crippen LogP contribution in [-0.4, -0.2) is 58.5 Å². The molecule has 32 heavy (non-hydrogen) atoms. The molecule has 1 atom stereocenters. The minimum Gasteiger partial charge on any atom is -0.378 e. The second-order valence-corrected chi connectivity index (χ2v) is 10.0. The summed E-state index contributed by atoms with van der Waals surface area (Å²) < 4.78 is 5.66. The van der Waals surface area contributed by atoms with Gasteiger partial charge in [-0.05, 0) is 58.3 Å². The number of rotatable bonds is 5. The van der Waals surface area contributed by atoms with E-state index < -0.39 is 0 Å². The fraction of sp³-hybridized carbons (Fsp3) is 0.760. The van der Waals surface area contributed by atoms with Crippen molar-refractivity contribution < 1.29 is 14.3 Å². The third-order valence-corrected chi connectivity index (χ3v) is 7.90. The maximum atomic E-state index is 12.8. The van der Waals surface area contributed by atoms with E-state index in [1.165, 1.54) is 12.8 Å². The average Bonchev–Trinajstić information content (AvgIpc) is 3.52. The summed E-state index contributed by atoms with van der Waals surface area (Å²) in [4.78, 5) is 39.4. The van der Waals surface area contributed by atoms with Crippen LogP contribution in [0.3, 0.4) is 0 Å².